The third-order valence-corrected chi connectivity index (χ3v) is 3.56. The van der Waals surface area contributed by atoms with E-state index >= 15 is 0 Å². The van der Waals surface area contributed by atoms with Gasteiger partial charge in [-0.25, -0.2) is 4.98 Å². The van der Waals surface area contributed by atoms with E-state index in [0.29, 0.717) is 11.4 Å². The summed E-state index contributed by atoms with van der Waals surface area (Å²) in [6.45, 7) is 1.98. The number of carbonyl (C=O) groups excluding carboxylic acids is 1. The molecule has 0 aliphatic heterocycles. The van der Waals surface area contributed by atoms with Crippen molar-refractivity contribution in [2.75, 3.05) is 7.11 Å². The molecule has 0 atom stereocenters. The molecule has 3 aromatic rings. The van der Waals surface area contributed by atoms with E-state index in [2.05, 4.69) is 4.98 Å². The van der Waals surface area contributed by atoms with Crippen molar-refractivity contribution in [3.05, 3.63) is 59.9 Å². The van der Waals surface area contributed by atoms with Gasteiger partial charge in [0.05, 0.1) is 24.5 Å². The van der Waals surface area contributed by atoms with Crippen LogP contribution in [0.3, 0.4) is 0 Å². The van der Waals surface area contributed by atoms with Gasteiger partial charge in [0.2, 0.25) is 0 Å². The van der Waals surface area contributed by atoms with Crippen molar-refractivity contribution in [3.63, 3.8) is 0 Å². The molecule has 5 heteroatoms. The number of methoxy groups -OCH3 is 1. The van der Waals surface area contributed by atoms with Gasteiger partial charge in [0.25, 0.3) is 0 Å². The standard InChI is InChI=1S/C18H16N2O3/c1-12-9-10-20-15(7-8-17(21)22)18(19-16(20)11-12)13-3-5-14(23-2)6-4-13/h3-11H,1-2H3,(H,21,22)/p-1/b8-7+. The van der Waals surface area contributed by atoms with Crippen LogP contribution >= 0.6 is 0 Å². The van der Waals surface area contributed by atoms with Gasteiger partial charge in [-0.15, -0.1) is 0 Å². The van der Waals surface area contributed by atoms with Gasteiger partial charge in [-0.05, 0) is 61.0 Å². The van der Waals surface area contributed by atoms with Crippen molar-refractivity contribution in [1.29, 1.82) is 0 Å². The fourth-order valence-electron chi connectivity index (χ4n) is 2.43. The lowest BCUT2D eigenvalue weighted by atomic mass is 10.1. The molecule has 0 aliphatic carbocycles. The smallest absolute Gasteiger partial charge is 0.138 e. The topological polar surface area (TPSA) is 66.7 Å². The number of imidazole rings is 1. The van der Waals surface area contributed by atoms with E-state index in [1.807, 2.05) is 53.9 Å². The average Bonchev–Trinajstić information content (AvgIpc) is 2.90. The van der Waals surface area contributed by atoms with E-state index in [9.17, 15) is 9.90 Å². The summed E-state index contributed by atoms with van der Waals surface area (Å²) in [6.07, 6.45) is 4.39. The summed E-state index contributed by atoms with van der Waals surface area (Å²) in [5.41, 5.74) is 4.11. The molecule has 23 heavy (non-hydrogen) atoms. The number of ether oxygens (including phenoxy) is 1. The number of benzene rings is 1. The molecule has 2 aromatic heterocycles. The zero-order chi connectivity index (χ0) is 16.4. The lowest BCUT2D eigenvalue weighted by molar-refractivity contribution is -0.297. The summed E-state index contributed by atoms with van der Waals surface area (Å²) in [7, 11) is 1.61. The number of carboxylic acid groups (broad SMARTS) is 1. The normalized spacial score (nSPS) is 11.2. The number of fused-ring (bicyclic) bond motifs is 1. The third kappa shape index (κ3) is 2.94. The number of pyridine rings is 1. The fraction of sp³-hybridized carbons (Fsp3) is 0.111. The molecule has 0 saturated carbocycles. The molecule has 0 spiro atoms. The van der Waals surface area contributed by atoms with Crippen molar-refractivity contribution in [2.24, 2.45) is 0 Å². The lowest BCUT2D eigenvalue weighted by Gasteiger charge is -2.03. The molecule has 0 amide bonds. The van der Waals surface area contributed by atoms with Crippen molar-refractivity contribution in [1.82, 2.24) is 9.38 Å². The van der Waals surface area contributed by atoms with Crippen LogP contribution in [0.5, 0.6) is 5.75 Å². The predicted octanol–water partition coefficient (Wildman–Crippen LogP) is 2.08. The maximum Gasteiger partial charge on any atom is 0.138 e. The highest BCUT2D eigenvalue weighted by Gasteiger charge is 2.12. The summed E-state index contributed by atoms with van der Waals surface area (Å²) >= 11 is 0. The predicted molar refractivity (Wildman–Crippen MR) is 86.0 cm³/mol. The van der Waals surface area contributed by atoms with Crippen molar-refractivity contribution in [2.45, 2.75) is 6.92 Å². The maximum atomic E-state index is 10.8. The number of nitrogens with zero attached hydrogens (tertiary/aromatic N) is 2. The van der Waals surface area contributed by atoms with Crippen molar-refractivity contribution < 1.29 is 14.6 Å². The Labute approximate surface area is 133 Å². The van der Waals surface area contributed by atoms with Crippen molar-refractivity contribution in [3.8, 4) is 17.0 Å². The highest BCUT2D eigenvalue weighted by molar-refractivity contribution is 5.86. The number of hydrogen-bond acceptors (Lipinski definition) is 4. The summed E-state index contributed by atoms with van der Waals surface area (Å²) in [4.78, 5) is 15.4. The summed E-state index contributed by atoms with van der Waals surface area (Å²) in [6, 6.07) is 11.4. The molecule has 3 rings (SSSR count). The van der Waals surface area contributed by atoms with Gasteiger partial charge in [0, 0.05) is 11.8 Å². The Kier molecular flexibility index (Phi) is 3.85. The van der Waals surface area contributed by atoms with Crippen LogP contribution in [-0.2, 0) is 4.79 Å². The Bertz CT molecular complexity index is 893. The van der Waals surface area contributed by atoms with Crippen LogP contribution in [0, 0.1) is 6.92 Å². The number of carbonyl (C=O) groups is 1. The van der Waals surface area contributed by atoms with Crippen LogP contribution in [0.4, 0.5) is 0 Å². The molecule has 5 nitrogen and oxygen atoms in total. The van der Waals surface area contributed by atoms with E-state index in [0.717, 1.165) is 28.6 Å². The number of hydrogen-bond donors (Lipinski definition) is 0. The van der Waals surface area contributed by atoms with E-state index < -0.39 is 5.97 Å². The molecular weight excluding hydrogens is 292 g/mol. The van der Waals surface area contributed by atoms with Gasteiger partial charge in [0.1, 0.15) is 11.4 Å². The van der Waals surface area contributed by atoms with Gasteiger partial charge in [-0.1, -0.05) is 0 Å². The molecule has 1 aromatic carbocycles. The molecule has 0 unspecified atom stereocenters. The number of aryl methyl sites for hydroxylation is 1. The highest BCUT2D eigenvalue weighted by atomic mass is 16.5. The molecule has 0 bridgehead atoms. The number of aromatic nitrogens is 2. The second kappa shape index (κ2) is 5.96. The van der Waals surface area contributed by atoms with Gasteiger partial charge in [0.15, 0.2) is 0 Å². The third-order valence-electron chi connectivity index (χ3n) is 3.56. The minimum Gasteiger partial charge on any atom is -0.545 e. The largest absolute Gasteiger partial charge is 0.545 e. The highest BCUT2D eigenvalue weighted by Crippen LogP contribution is 2.27. The number of rotatable bonds is 4. The molecule has 0 saturated heterocycles. The first-order valence-corrected chi connectivity index (χ1v) is 7.10. The minimum absolute atomic E-state index is 0.689. The zero-order valence-electron chi connectivity index (χ0n) is 12.8. The molecule has 116 valence electrons. The first-order chi connectivity index (χ1) is 11.1. The first-order valence-electron chi connectivity index (χ1n) is 7.10. The van der Waals surface area contributed by atoms with Crippen LogP contribution in [0.1, 0.15) is 11.3 Å². The van der Waals surface area contributed by atoms with Crippen molar-refractivity contribution >= 4 is 17.7 Å². The average molecular weight is 307 g/mol. The van der Waals surface area contributed by atoms with E-state index in [-0.39, 0.29) is 0 Å². The lowest BCUT2D eigenvalue weighted by Crippen LogP contribution is -2.18. The van der Waals surface area contributed by atoms with E-state index in [1.165, 1.54) is 6.08 Å². The van der Waals surface area contributed by atoms with Gasteiger partial charge in [-0.3, -0.25) is 4.40 Å². The Balaban J connectivity index is 2.20. The van der Waals surface area contributed by atoms with Gasteiger partial charge < -0.3 is 14.6 Å². The van der Waals surface area contributed by atoms with Crippen LogP contribution < -0.4 is 9.84 Å². The quantitative estimate of drug-likeness (QED) is 0.692. The summed E-state index contributed by atoms with van der Waals surface area (Å²) in [5, 5.41) is 10.8. The fourth-order valence-corrected chi connectivity index (χ4v) is 2.43. The zero-order valence-corrected chi connectivity index (χ0v) is 12.8. The molecule has 0 fully saturated rings. The van der Waals surface area contributed by atoms with Gasteiger partial charge in [-0.2, -0.15) is 0 Å². The molecule has 0 aliphatic rings. The minimum atomic E-state index is -1.24. The Morgan fingerprint density at radius 3 is 2.65 bits per heavy atom. The second-order valence-electron chi connectivity index (χ2n) is 5.16. The molecule has 0 N–H and O–H groups in total. The second-order valence-corrected chi connectivity index (χ2v) is 5.16. The van der Waals surface area contributed by atoms with E-state index in [1.54, 1.807) is 7.11 Å². The Hall–Kier alpha value is -3.08. The number of aliphatic carboxylic acids is 1. The maximum absolute atomic E-state index is 10.8. The molecule has 2 heterocycles. The molecule has 0 radical (unpaired) electrons. The SMILES string of the molecule is COc1ccc(-c2nc3cc(C)ccn3c2/C=C/C(=O)[O-])cc1. The van der Waals surface area contributed by atoms with Crippen LogP contribution in [0.25, 0.3) is 23.0 Å². The Morgan fingerprint density at radius 1 is 1.26 bits per heavy atom. The Morgan fingerprint density at radius 2 is 2.00 bits per heavy atom. The summed E-state index contributed by atoms with van der Waals surface area (Å²) < 4.78 is 7.02. The summed E-state index contributed by atoms with van der Waals surface area (Å²) in [5.74, 6) is -0.493. The van der Waals surface area contributed by atoms with Crippen LogP contribution in [-0.4, -0.2) is 22.5 Å². The van der Waals surface area contributed by atoms with Crippen LogP contribution in [0.15, 0.2) is 48.7 Å². The number of carboxylic acids is 1. The monoisotopic (exact) mass is 307 g/mol. The van der Waals surface area contributed by atoms with Gasteiger partial charge >= 0.3 is 0 Å². The first kappa shape index (κ1) is 14.8. The van der Waals surface area contributed by atoms with E-state index in [4.69, 9.17) is 4.74 Å². The molecular formula is C18H15N2O3-. The van der Waals surface area contributed by atoms with Crippen LogP contribution in [0.2, 0.25) is 0 Å².